The van der Waals surface area contributed by atoms with Crippen LogP contribution in [0.2, 0.25) is 5.02 Å². The number of nitrogens with zero attached hydrogens (tertiary/aromatic N) is 6. The zero-order valence-electron chi connectivity index (χ0n) is 19.8. The molecule has 5 rings (SSSR count). The molecule has 1 unspecified atom stereocenters. The number of tetrazole rings is 1. The van der Waals surface area contributed by atoms with E-state index in [9.17, 15) is 0 Å². The zero-order valence-corrected chi connectivity index (χ0v) is 20.6. The summed E-state index contributed by atoms with van der Waals surface area (Å²) in [4.78, 5) is 4.98. The van der Waals surface area contributed by atoms with Gasteiger partial charge in [-0.1, -0.05) is 66.2 Å². The highest BCUT2D eigenvalue weighted by atomic mass is 35.5. The molecule has 0 saturated carbocycles. The van der Waals surface area contributed by atoms with Crippen molar-refractivity contribution in [2.75, 3.05) is 33.3 Å². The number of benzene rings is 3. The summed E-state index contributed by atoms with van der Waals surface area (Å²) in [6.07, 6.45) is 0. The van der Waals surface area contributed by atoms with Gasteiger partial charge in [-0.05, 0) is 51.4 Å². The van der Waals surface area contributed by atoms with Crippen molar-refractivity contribution in [1.82, 2.24) is 30.0 Å². The molecule has 0 spiro atoms. The number of aromatic nitrogens is 4. The minimum absolute atomic E-state index is 0.0561. The predicted octanol–water partition coefficient (Wildman–Crippen LogP) is 4.29. The Morgan fingerprint density at radius 2 is 1.51 bits per heavy atom. The van der Waals surface area contributed by atoms with E-state index in [1.165, 1.54) is 5.56 Å². The highest BCUT2D eigenvalue weighted by Gasteiger charge is 2.30. The molecule has 180 valence electrons. The van der Waals surface area contributed by atoms with Crippen LogP contribution < -0.4 is 4.74 Å². The van der Waals surface area contributed by atoms with E-state index in [-0.39, 0.29) is 6.04 Å². The first-order chi connectivity index (χ1) is 17.2. The van der Waals surface area contributed by atoms with Crippen molar-refractivity contribution in [2.45, 2.75) is 19.1 Å². The van der Waals surface area contributed by atoms with Crippen LogP contribution >= 0.6 is 11.6 Å². The van der Waals surface area contributed by atoms with Crippen LogP contribution in [0.15, 0.2) is 78.9 Å². The standard InChI is InChI=1S/C27H29ClN6O/c1-35-25-13-7-22(8-14-25)20-34-27(29-30-31-34)26(23-9-11-24(28)12-10-23)33-17-15-32(16-18-33)19-21-5-3-2-4-6-21/h2-14,26H,15-20H2,1H3. The Balaban J connectivity index is 1.37. The molecule has 2 heterocycles. The Hall–Kier alpha value is -3.26. The summed E-state index contributed by atoms with van der Waals surface area (Å²) in [7, 11) is 1.67. The molecular weight excluding hydrogens is 460 g/mol. The van der Waals surface area contributed by atoms with Gasteiger partial charge in [0.1, 0.15) is 5.75 Å². The van der Waals surface area contributed by atoms with E-state index in [1.54, 1.807) is 7.11 Å². The molecule has 1 saturated heterocycles. The van der Waals surface area contributed by atoms with Gasteiger partial charge < -0.3 is 4.74 Å². The van der Waals surface area contributed by atoms with Gasteiger partial charge in [0.15, 0.2) is 5.82 Å². The van der Waals surface area contributed by atoms with Gasteiger partial charge in [-0.25, -0.2) is 4.68 Å². The fourth-order valence-electron chi connectivity index (χ4n) is 4.61. The lowest BCUT2D eigenvalue weighted by molar-refractivity contribution is 0.100. The molecule has 1 fully saturated rings. The largest absolute Gasteiger partial charge is 0.497 e. The van der Waals surface area contributed by atoms with Gasteiger partial charge in [0.2, 0.25) is 0 Å². The molecule has 1 aliphatic heterocycles. The smallest absolute Gasteiger partial charge is 0.173 e. The topological polar surface area (TPSA) is 59.3 Å². The van der Waals surface area contributed by atoms with Gasteiger partial charge >= 0.3 is 0 Å². The Bertz CT molecular complexity index is 1200. The van der Waals surface area contributed by atoms with E-state index in [4.69, 9.17) is 16.3 Å². The number of piperazine rings is 1. The fraction of sp³-hybridized carbons (Fsp3) is 0.296. The maximum atomic E-state index is 6.21. The number of methoxy groups -OCH3 is 1. The first-order valence-electron chi connectivity index (χ1n) is 11.8. The Labute approximate surface area is 210 Å². The molecule has 1 aromatic heterocycles. The monoisotopic (exact) mass is 488 g/mol. The van der Waals surface area contributed by atoms with E-state index in [0.29, 0.717) is 6.54 Å². The van der Waals surface area contributed by atoms with Crippen molar-refractivity contribution in [1.29, 1.82) is 0 Å². The molecule has 0 aliphatic carbocycles. The molecule has 0 N–H and O–H groups in total. The predicted molar refractivity (Wildman–Crippen MR) is 136 cm³/mol. The van der Waals surface area contributed by atoms with Crippen LogP contribution in [0.5, 0.6) is 5.75 Å². The van der Waals surface area contributed by atoms with E-state index in [0.717, 1.165) is 60.4 Å². The molecule has 7 nitrogen and oxygen atoms in total. The van der Waals surface area contributed by atoms with Crippen LogP contribution in [-0.2, 0) is 13.1 Å². The quantitative estimate of drug-likeness (QED) is 0.369. The molecule has 1 aliphatic rings. The summed E-state index contributed by atoms with van der Waals surface area (Å²) < 4.78 is 7.19. The summed E-state index contributed by atoms with van der Waals surface area (Å²) in [5.41, 5.74) is 3.59. The first kappa shape index (κ1) is 23.5. The molecule has 35 heavy (non-hydrogen) atoms. The third kappa shape index (κ3) is 5.70. The lowest BCUT2D eigenvalue weighted by atomic mass is 10.0. The average molecular weight is 489 g/mol. The number of hydrogen-bond donors (Lipinski definition) is 0. The zero-order chi connectivity index (χ0) is 24.0. The van der Waals surface area contributed by atoms with Gasteiger partial charge in [-0.3, -0.25) is 9.80 Å². The number of halogens is 1. The van der Waals surface area contributed by atoms with Gasteiger partial charge in [0.05, 0.1) is 19.7 Å². The SMILES string of the molecule is COc1ccc(Cn2nnnc2C(c2ccc(Cl)cc2)N2CCN(Cc3ccccc3)CC2)cc1. The van der Waals surface area contributed by atoms with Gasteiger partial charge in [-0.2, -0.15) is 0 Å². The van der Waals surface area contributed by atoms with Crippen molar-refractivity contribution in [3.05, 3.63) is 106 Å². The van der Waals surface area contributed by atoms with Crippen LogP contribution in [0.4, 0.5) is 0 Å². The Morgan fingerprint density at radius 3 is 2.20 bits per heavy atom. The van der Waals surface area contributed by atoms with E-state index >= 15 is 0 Å². The molecule has 4 aromatic rings. The molecule has 1 atom stereocenters. The number of rotatable bonds is 8. The first-order valence-corrected chi connectivity index (χ1v) is 12.2. The van der Waals surface area contributed by atoms with Crippen LogP contribution in [0.25, 0.3) is 0 Å². The second-order valence-corrected chi connectivity index (χ2v) is 9.23. The van der Waals surface area contributed by atoms with Crippen LogP contribution in [-0.4, -0.2) is 63.3 Å². The van der Waals surface area contributed by atoms with Gasteiger partial charge in [-0.15, -0.1) is 5.10 Å². The van der Waals surface area contributed by atoms with Crippen molar-refractivity contribution in [3.63, 3.8) is 0 Å². The fourth-order valence-corrected chi connectivity index (χ4v) is 4.74. The van der Waals surface area contributed by atoms with Crippen molar-refractivity contribution < 1.29 is 4.74 Å². The second-order valence-electron chi connectivity index (χ2n) is 8.79. The molecule has 8 heteroatoms. The molecule has 0 bridgehead atoms. The number of hydrogen-bond acceptors (Lipinski definition) is 6. The van der Waals surface area contributed by atoms with Gasteiger partial charge in [0, 0.05) is 37.7 Å². The van der Waals surface area contributed by atoms with Crippen molar-refractivity contribution >= 4 is 11.6 Å². The normalized spacial score (nSPS) is 15.7. The molecule has 3 aromatic carbocycles. The molecule has 0 radical (unpaired) electrons. The molecule has 0 amide bonds. The highest BCUT2D eigenvalue weighted by Crippen LogP contribution is 2.29. The van der Waals surface area contributed by atoms with Crippen molar-refractivity contribution in [2.24, 2.45) is 0 Å². The Kier molecular flexibility index (Phi) is 7.37. The van der Waals surface area contributed by atoms with Crippen LogP contribution in [0.3, 0.4) is 0 Å². The highest BCUT2D eigenvalue weighted by molar-refractivity contribution is 6.30. The van der Waals surface area contributed by atoms with E-state index in [1.807, 2.05) is 41.1 Å². The van der Waals surface area contributed by atoms with E-state index < -0.39 is 0 Å². The third-order valence-corrected chi connectivity index (χ3v) is 6.75. The average Bonchev–Trinajstić information content (AvgIpc) is 3.35. The van der Waals surface area contributed by atoms with Crippen molar-refractivity contribution in [3.8, 4) is 5.75 Å². The summed E-state index contributed by atoms with van der Waals surface area (Å²) in [5, 5.41) is 13.6. The van der Waals surface area contributed by atoms with E-state index in [2.05, 4.69) is 67.8 Å². The third-order valence-electron chi connectivity index (χ3n) is 6.50. The maximum Gasteiger partial charge on any atom is 0.173 e. The second kappa shape index (κ2) is 11.0. The minimum atomic E-state index is -0.0561. The van der Waals surface area contributed by atoms with Crippen LogP contribution in [0, 0.1) is 0 Å². The van der Waals surface area contributed by atoms with Crippen LogP contribution in [0.1, 0.15) is 28.6 Å². The Morgan fingerprint density at radius 1 is 0.829 bits per heavy atom. The summed E-state index contributed by atoms with van der Waals surface area (Å²) in [6, 6.07) is 26.6. The molecular formula is C27H29ClN6O. The minimum Gasteiger partial charge on any atom is -0.497 e. The summed E-state index contributed by atoms with van der Waals surface area (Å²) in [6.45, 7) is 5.38. The summed E-state index contributed by atoms with van der Waals surface area (Å²) in [5.74, 6) is 1.66. The lowest BCUT2D eigenvalue weighted by Gasteiger charge is -2.39. The summed E-state index contributed by atoms with van der Waals surface area (Å²) >= 11 is 6.21. The lowest BCUT2D eigenvalue weighted by Crippen LogP contribution is -2.48. The van der Waals surface area contributed by atoms with Gasteiger partial charge in [0.25, 0.3) is 0 Å². The number of ether oxygens (including phenoxy) is 1. The maximum absolute atomic E-state index is 6.21.